The van der Waals surface area contributed by atoms with E-state index in [2.05, 4.69) is 10.3 Å². The molecule has 0 bridgehead atoms. The summed E-state index contributed by atoms with van der Waals surface area (Å²) in [6.45, 7) is 1.38. The molecule has 0 radical (unpaired) electrons. The molecule has 1 aromatic carbocycles. The first-order valence-corrected chi connectivity index (χ1v) is 8.85. The number of amides is 2. The Morgan fingerprint density at radius 1 is 1.32 bits per heavy atom. The Labute approximate surface area is 149 Å². The third kappa shape index (κ3) is 4.62. The highest BCUT2D eigenvalue weighted by Crippen LogP contribution is 2.15. The number of carbonyl (C=O) groups excluding carboxylic acids is 2. The van der Waals surface area contributed by atoms with Gasteiger partial charge in [-0.05, 0) is 30.7 Å². The van der Waals surface area contributed by atoms with Crippen LogP contribution in [0.1, 0.15) is 32.8 Å². The first kappa shape index (κ1) is 17.5. The Balaban J connectivity index is 1.60. The minimum absolute atomic E-state index is 0.143. The molecule has 1 fully saturated rings. The first-order chi connectivity index (χ1) is 12.1. The Hall–Kier alpha value is -2.29. The van der Waals surface area contributed by atoms with Crippen LogP contribution < -0.4 is 11.1 Å². The molecule has 25 heavy (non-hydrogen) atoms. The number of aromatic nitrogens is 1. The molecule has 3 N–H and O–H groups in total. The van der Waals surface area contributed by atoms with Gasteiger partial charge in [0.25, 0.3) is 5.91 Å². The maximum Gasteiger partial charge on any atom is 0.251 e. The number of nitrogens with one attached hydrogen (secondary N) is 1. The predicted molar refractivity (Wildman–Crippen MR) is 92.3 cm³/mol. The average molecular weight is 361 g/mol. The van der Waals surface area contributed by atoms with Gasteiger partial charge in [-0.3, -0.25) is 9.59 Å². The average Bonchev–Trinajstić information content (AvgIpc) is 3.14. The fraction of sp³-hybridized carbons (Fsp3) is 0.353. The third-order valence-corrected chi connectivity index (χ3v) is 4.62. The lowest BCUT2D eigenvalue weighted by Crippen LogP contribution is -2.49. The van der Waals surface area contributed by atoms with Crippen molar-refractivity contribution in [3.63, 3.8) is 0 Å². The van der Waals surface area contributed by atoms with Crippen molar-refractivity contribution in [3.8, 4) is 0 Å². The summed E-state index contributed by atoms with van der Waals surface area (Å²) in [5, 5.41) is 4.91. The highest BCUT2D eigenvalue weighted by atomic mass is 32.1. The quantitative estimate of drug-likeness (QED) is 0.808. The zero-order chi connectivity index (χ0) is 17.6. The number of hydrogen-bond acceptors (Lipinski definition) is 6. The number of hydrogen-bond donors (Lipinski definition) is 2. The maximum absolute atomic E-state index is 12.4. The first-order valence-electron chi connectivity index (χ1n) is 7.90. The molecular weight excluding hydrogens is 342 g/mol. The second kappa shape index (κ2) is 8.19. The second-order valence-electron chi connectivity index (χ2n) is 5.71. The van der Waals surface area contributed by atoms with Crippen LogP contribution in [-0.4, -0.2) is 42.2 Å². The van der Waals surface area contributed by atoms with E-state index in [1.807, 2.05) is 5.38 Å². The summed E-state index contributed by atoms with van der Waals surface area (Å²) in [4.78, 5) is 27.7. The Morgan fingerprint density at radius 3 is 2.76 bits per heavy atom. The molecule has 2 amide bonds. The number of ether oxygens (including phenoxy) is 2. The number of thiazole rings is 1. The summed E-state index contributed by atoms with van der Waals surface area (Å²) in [6, 6.07) is 6.10. The van der Waals surface area contributed by atoms with Crippen molar-refractivity contribution in [2.24, 2.45) is 5.73 Å². The topological polar surface area (TPSA) is 104 Å². The van der Waals surface area contributed by atoms with E-state index in [4.69, 9.17) is 15.2 Å². The van der Waals surface area contributed by atoms with Crippen LogP contribution in [-0.2, 0) is 16.1 Å². The number of nitrogens with zero attached hydrogens (tertiary/aromatic N) is 1. The van der Waals surface area contributed by atoms with Gasteiger partial charge in [-0.25, -0.2) is 4.98 Å². The molecule has 2 heterocycles. The van der Waals surface area contributed by atoms with Gasteiger partial charge in [0.15, 0.2) is 0 Å². The molecule has 7 nitrogen and oxygen atoms in total. The van der Waals surface area contributed by atoms with Gasteiger partial charge < -0.3 is 20.5 Å². The van der Waals surface area contributed by atoms with Gasteiger partial charge in [-0.15, -0.1) is 11.3 Å². The molecule has 1 aliphatic heterocycles. The van der Waals surface area contributed by atoms with Crippen molar-refractivity contribution >= 4 is 23.2 Å². The second-order valence-corrected chi connectivity index (χ2v) is 6.43. The molecule has 1 saturated heterocycles. The van der Waals surface area contributed by atoms with Crippen molar-refractivity contribution in [3.05, 3.63) is 52.0 Å². The van der Waals surface area contributed by atoms with Gasteiger partial charge in [-0.2, -0.15) is 0 Å². The van der Waals surface area contributed by atoms with Crippen molar-refractivity contribution in [2.45, 2.75) is 25.2 Å². The molecule has 0 spiro atoms. The highest BCUT2D eigenvalue weighted by molar-refractivity contribution is 7.07. The number of primary amides is 1. The van der Waals surface area contributed by atoms with Gasteiger partial charge in [0.05, 0.1) is 30.5 Å². The molecule has 0 saturated carbocycles. The fourth-order valence-electron chi connectivity index (χ4n) is 2.58. The van der Waals surface area contributed by atoms with Crippen LogP contribution in [0.5, 0.6) is 0 Å². The van der Waals surface area contributed by atoms with Crippen LogP contribution in [0.3, 0.4) is 0 Å². The highest BCUT2D eigenvalue weighted by Gasteiger charge is 2.28. The Morgan fingerprint density at radius 2 is 2.08 bits per heavy atom. The lowest BCUT2D eigenvalue weighted by atomic mass is 10.0. The lowest BCUT2D eigenvalue weighted by Gasteiger charge is -2.32. The van der Waals surface area contributed by atoms with Crippen molar-refractivity contribution in [1.82, 2.24) is 10.3 Å². The summed E-state index contributed by atoms with van der Waals surface area (Å²) >= 11 is 1.51. The molecular formula is C17H19N3O4S. The fourth-order valence-corrected chi connectivity index (χ4v) is 3.12. The van der Waals surface area contributed by atoms with E-state index in [1.165, 1.54) is 23.5 Å². The van der Waals surface area contributed by atoms with Crippen LogP contribution in [0, 0.1) is 0 Å². The van der Waals surface area contributed by atoms with Crippen molar-refractivity contribution in [1.29, 1.82) is 0 Å². The SMILES string of the molecule is NC(=O)c1ccc(C(=O)N[C@@H]2CCOC[C@H]2OCc2cscn2)cc1. The summed E-state index contributed by atoms with van der Waals surface area (Å²) in [7, 11) is 0. The number of benzene rings is 1. The predicted octanol–water partition coefficient (Wildman–Crippen LogP) is 1.35. The minimum atomic E-state index is -0.521. The van der Waals surface area contributed by atoms with Gasteiger partial charge in [0, 0.05) is 23.1 Å². The normalized spacial score (nSPS) is 20.2. The number of carbonyl (C=O) groups is 2. The molecule has 8 heteroatoms. The summed E-state index contributed by atoms with van der Waals surface area (Å²) in [5.74, 6) is -0.739. The van der Waals surface area contributed by atoms with E-state index in [0.717, 1.165) is 5.69 Å². The maximum atomic E-state index is 12.4. The standard InChI is InChI=1S/C17H19N3O4S/c18-16(21)11-1-3-12(4-2-11)17(22)20-14-5-6-23-8-15(14)24-7-13-9-25-10-19-13/h1-4,9-10,14-15H,5-8H2,(H2,18,21)(H,20,22)/t14-,15-/m1/s1. The van der Waals surface area contributed by atoms with Gasteiger partial charge in [-0.1, -0.05) is 0 Å². The molecule has 0 unspecified atom stereocenters. The van der Waals surface area contributed by atoms with E-state index < -0.39 is 5.91 Å². The van der Waals surface area contributed by atoms with Crippen molar-refractivity contribution in [2.75, 3.05) is 13.2 Å². The summed E-state index contributed by atoms with van der Waals surface area (Å²) in [6.07, 6.45) is 0.441. The smallest absolute Gasteiger partial charge is 0.251 e. The van der Waals surface area contributed by atoms with Gasteiger partial charge in [0.2, 0.25) is 5.91 Å². The number of nitrogens with two attached hydrogens (primary N) is 1. The van der Waals surface area contributed by atoms with E-state index in [0.29, 0.717) is 37.4 Å². The van der Waals surface area contributed by atoms with Gasteiger partial charge in [0.1, 0.15) is 6.10 Å². The molecule has 1 aromatic heterocycles. The molecule has 1 aliphatic rings. The summed E-state index contributed by atoms with van der Waals surface area (Å²) in [5.41, 5.74) is 8.66. The summed E-state index contributed by atoms with van der Waals surface area (Å²) < 4.78 is 11.3. The zero-order valence-electron chi connectivity index (χ0n) is 13.5. The molecule has 2 atom stereocenters. The van der Waals surface area contributed by atoms with Crippen LogP contribution in [0.2, 0.25) is 0 Å². The van der Waals surface area contributed by atoms with Crippen LogP contribution in [0.4, 0.5) is 0 Å². The minimum Gasteiger partial charge on any atom is -0.379 e. The molecule has 3 rings (SSSR count). The van der Waals surface area contributed by atoms with Crippen LogP contribution >= 0.6 is 11.3 Å². The largest absolute Gasteiger partial charge is 0.379 e. The third-order valence-electron chi connectivity index (χ3n) is 3.98. The van der Waals surface area contributed by atoms with Crippen LogP contribution in [0.25, 0.3) is 0 Å². The Kier molecular flexibility index (Phi) is 5.75. The zero-order valence-corrected chi connectivity index (χ0v) is 14.3. The Bertz CT molecular complexity index is 718. The monoisotopic (exact) mass is 361 g/mol. The molecule has 132 valence electrons. The van der Waals surface area contributed by atoms with Crippen molar-refractivity contribution < 1.29 is 19.1 Å². The molecule has 2 aromatic rings. The van der Waals surface area contributed by atoms with E-state index in [1.54, 1.807) is 17.6 Å². The van der Waals surface area contributed by atoms with E-state index in [-0.39, 0.29) is 18.1 Å². The van der Waals surface area contributed by atoms with Crippen LogP contribution in [0.15, 0.2) is 35.2 Å². The van der Waals surface area contributed by atoms with E-state index in [9.17, 15) is 9.59 Å². The number of rotatable bonds is 6. The lowest BCUT2D eigenvalue weighted by molar-refractivity contribution is -0.0742. The van der Waals surface area contributed by atoms with Gasteiger partial charge >= 0.3 is 0 Å². The van der Waals surface area contributed by atoms with E-state index >= 15 is 0 Å². The molecule has 0 aliphatic carbocycles.